The van der Waals surface area contributed by atoms with Crippen molar-refractivity contribution < 1.29 is 23.8 Å². The Morgan fingerprint density at radius 2 is 1.90 bits per heavy atom. The van der Waals surface area contributed by atoms with E-state index in [1.165, 1.54) is 12.1 Å². The molecule has 0 bridgehead atoms. The molecule has 8 heteroatoms. The zero-order chi connectivity index (χ0) is 21.8. The van der Waals surface area contributed by atoms with Crippen LogP contribution < -0.4 is 20.4 Å². The number of hydrogen-bond donors (Lipinski definition) is 2. The zero-order valence-corrected chi connectivity index (χ0v) is 17.6. The molecular weight excluding hydrogens is 410 g/mol. The summed E-state index contributed by atoms with van der Waals surface area (Å²) in [6.45, 7) is 2.12. The lowest BCUT2D eigenvalue weighted by atomic mass is 10.0. The lowest BCUT2D eigenvalue weighted by molar-refractivity contribution is -0.120. The molecule has 0 aliphatic carbocycles. The number of aromatic hydroxyl groups is 1. The SMILES string of the molecule is COc1ccc(CCNC(=O)Cc2c(C)c3cc(Cl)c(O)cc3oc2=O)cc1OC. The summed E-state index contributed by atoms with van der Waals surface area (Å²) < 4.78 is 15.7. The van der Waals surface area contributed by atoms with Gasteiger partial charge in [0, 0.05) is 18.0 Å². The highest BCUT2D eigenvalue weighted by atomic mass is 35.5. The molecule has 0 spiro atoms. The third-order valence-corrected chi connectivity index (χ3v) is 5.18. The van der Waals surface area contributed by atoms with Gasteiger partial charge in [-0.3, -0.25) is 4.79 Å². The van der Waals surface area contributed by atoms with Crippen molar-refractivity contribution in [3.8, 4) is 17.2 Å². The second kappa shape index (κ2) is 9.09. The van der Waals surface area contributed by atoms with E-state index in [9.17, 15) is 14.7 Å². The van der Waals surface area contributed by atoms with Crippen LogP contribution in [-0.4, -0.2) is 31.8 Å². The van der Waals surface area contributed by atoms with Crippen molar-refractivity contribution in [1.29, 1.82) is 0 Å². The van der Waals surface area contributed by atoms with E-state index in [0.29, 0.717) is 35.4 Å². The smallest absolute Gasteiger partial charge is 0.340 e. The molecule has 0 unspecified atom stereocenters. The van der Waals surface area contributed by atoms with Crippen LogP contribution in [0.15, 0.2) is 39.5 Å². The van der Waals surface area contributed by atoms with Crippen LogP contribution in [0.25, 0.3) is 11.0 Å². The maximum atomic E-state index is 12.4. The number of nitrogens with one attached hydrogen (secondary N) is 1. The van der Waals surface area contributed by atoms with E-state index in [1.54, 1.807) is 21.1 Å². The van der Waals surface area contributed by atoms with Gasteiger partial charge in [0.2, 0.25) is 5.91 Å². The number of hydrogen-bond acceptors (Lipinski definition) is 6. The average molecular weight is 432 g/mol. The standard InChI is InChI=1S/C22H22ClNO6/c1-12-14-9-16(23)17(25)11-19(14)30-22(27)15(12)10-21(26)24-7-6-13-4-5-18(28-2)20(8-13)29-3/h4-5,8-9,11,25H,6-7,10H2,1-3H3,(H,24,26). The van der Waals surface area contributed by atoms with Crippen molar-refractivity contribution >= 4 is 28.5 Å². The van der Waals surface area contributed by atoms with Gasteiger partial charge in [0.25, 0.3) is 0 Å². The largest absolute Gasteiger partial charge is 0.506 e. The highest BCUT2D eigenvalue weighted by Crippen LogP contribution is 2.31. The first-order valence-electron chi connectivity index (χ1n) is 9.26. The van der Waals surface area contributed by atoms with Gasteiger partial charge < -0.3 is 24.3 Å². The van der Waals surface area contributed by atoms with Crippen LogP contribution in [0.5, 0.6) is 17.2 Å². The van der Waals surface area contributed by atoms with Crippen LogP contribution in [0, 0.1) is 6.92 Å². The fourth-order valence-corrected chi connectivity index (χ4v) is 3.37. The molecule has 0 aliphatic heterocycles. The lowest BCUT2D eigenvalue weighted by Crippen LogP contribution is -2.29. The Bertz CT molecular complexity index is 1150. The molecule has 1 heterocycles. The van der Waals surface area contributed by atoms with E-state index in [0.717, 1.165) is 5.56 Å². The molecular formula is C22H22ClNO6. The topological polar surface area (TPSA) is 98.0 Å². The fourth-order valence-electron chi connectivity index (χ4n) is 3.21. The predicted molar refractivity (Wildman–Crippen MR) is 114 cm³/mol. The first-order valence-corrected chi connectivity index (χ1v) is 9.64. The second-order valence-electron chi connectivity index (χ2n) is 6.76. The minimum atomic E-state index is -0.614. The summed E-state index contributed by atoms with van der Waals surface area (Å²) in [6.07, 6.45) is 0.473. The van der Waals surface area contributed by atoms with E-state index in [1.807, 2.05) is 18.2 Å². The first-order chi connectivity index (χ1) is 14.3. The molecule has 0 aliphatic rings. The number of halogens is 1. The number of rotatable bonds is 7. The monoisotopic (exact) mass is 431 g/mol. The minimum Gasteiger partial charge on any atom is -0.506 e. The highest BCUT2D eigenvalue weighted by Gasteiger charge is 2.16. The third-order valence-electron chi connectivity index (χ3n) is 4.88. The summed E-state index contributed by atoms with van der Waals surface area (Å²) in [5, 5.41) is 13.2. The molecule has 0 fully saturated rings. The molecule has 3 rings (SSSR count). The van der Waals surface area contributed by atoms with Crippen LogP contribution in [0.2, 0.25) is 5.02 Å². The van der Waals surface area contributed by atoms with Gasteiger partial charge in [-0.15, -0.1) is 0 Å². The van der Waals surface area contributed by atoms with Crippen molar-refractivity contribution in [1.82, 2.24) is 5.32 Å². The Morgan fingerprint density at radius 3 is 2.60 bits per heavy atom. The van der Waals surface area contributed by atoms with Crippen molar-refractivity contribution in [2.75, 3.05) is 20.8 Å². The van der Waals surface area contributed by atoms with Gasteiger partial charge in [-0.25, -0.2) is 4.79 Å². The number of amides is 1. The fraction of sp³-hybridized carbons (Fsp3) is 0.273. The highest BCUT2D eigenvalue weighted by molar-refractivity contribution is 6.32. The van der Waals surface area contributed by atoms with Crippen molar-refractivity contribution in [2.45, 2.75) is 19.8 Å². The number of benzene rings is 2. The number of carbonyl (C=O) groups excluding carboxylic acids is 1. The Kier molecular flexibility index (Phi) is 6.52. The normalized spacial score (nSPS) is 10.8. The molecule has 30 heavy (non-hydrogen) atoms. The zero-order valence-electron chi connectivity index (χ0n) is 16.9. The van der Waals surface area contributed by atoms with Gasteiger partial charge in [0.1, 0.15) is 11.3 Å². The molecule has 2 N–H and O–H groups in total. The average Bonchev–Trinajstić information content (AvgIpc) is 2.72. The van der Waals surface area contributed by atoms with Gasteiger partial charge >= 0.3 is 5.63 Å². The van der Waals surface area contributed by atoms with Crippen LogP contribution in [0.4, 0.5) is 0 Å². The van der Waals surface area contributed by atoms with E-state index < -0.39 is 5.63 Å². The Hall–Kier alpha value is -3.19. The summed E-state index contributed by atoms with van der Waals surface area (Å²) in [6, 6.07) is 8.37. The Labute approximate surface area is 178 Å². The lowest BCUT2D eigenvalue weighted by Gasteiger charge is -2.11. The van der Waals surface area contributed by atoms with Gasteiger partial charge in [-0.1, -0.05) is 17.7 Å². The Balaban J connectivity index is 1.69. The predicted octanol–water partition coefficient (Wildman–Crippen LogP) is 3.38. The van der Waals surface area contributed by atoms with E-state index in [4.69, 9.17) is 25.5 Å². The van der Waals surface area contributed by atoms with Gasteiger partial charge in [-0.05, 0) is 42.7 Å². The summed E-state index contributed by atoms with van der Waals surface area (Å²) >= 11 is 5.96. The van der Waals surface area contributed by atoms with Crippen LogP contribution in [0.3, 0.4) is 0 Å². The van der Waals surface area contributed by atoms with Crippen LogP contribution in [0.1, 0.15) is 16.7 Å². The summed E-state index contributed by atoms with van der Waals surface area (Å²) in [5.74, 6) is 0.787. The molecule has 1 amide bonds. The molecule has 0 saturated carbocycles. The molecule has 7 nitrogen and oxygen atoms in total. The summed E-state index contributed by atoms with van der Waals surface area (Å²) in [4.78, 5) is 24.7. The van der Waals surface area contributed by atoms with Gasteiger partial charge in [0.05, 0.1) is 31.2 Å². The summed E-state index contributed by atoms with van der Waals surface area (Å²) in [5.41, 5.74) is 1.43. The molecule has 0 radical (unpaired) electrons. The molecule has 1 aromatic heterocycles. The molecule has 3 aromatic rings. The third kappa shape index (κ3) is 4.52. The number of methoxy groups -OCH3 is 2. The van der Waals surface area contributed by atoms with Gasteiger partial charge in [-0.2, -0.15) is 0 Å². The molecule has 0 atom stereocenters. The maximum absolute atomic E-state index is 12.4. The first kappa shape index (κ1) is 21.5. The number of phenols is 1. The van der Waals surface area contributed by atoms with Crippen LogP contribution >= 0.6 is 11.6 Å². The van der Waals surface area contributed by atoms with E-state index in [-0.39, 0.29) is 34.2 Å². The molecule has 158 valence electrons. The van der Waals surface area contributed by atoms with E-state index >= 15 is 0 Å². The van der Waals surface area contributed by atoms with Gasteiger partial charge in [0.15, 0.2) is 11.5 Å². The minimum absolute atomic E-state index is 0.117. The number of aryl methyl sites for hydroxylation is 1. The van der Waals surface area contributed by atoms with Crippen molar-refractivity contribution in [2.24, 2.45) is 0 Å². The maximum Gasteiger partial charge on any atom is 0.340 e. The quantitative estimate of drug-likeness (QED) is 0.556. The molecule has 2 aromatic carbocycles. The second-order valence-corrected chi connectivity index (χ2v) is 7.17. The van der Waals surface area contributed by atoms with E-state index in [2.05, 4.69) is 5.32 Å². The van der Waals surface area contributed by atoms with Crippen molar-refractivity contribution in [3.05, 3.63) is 62.5 Å². The van der Waals surface area contributed by atoms with Crippen molar-refractivity contribution in [3.63, 3.8) is 0 Å². The number of carbonyl (C=O) groups is 1. The number of fused-ring (bicyclic) bond motifs is 1. The Morgan fingerprint density at radius 1 is 1.17 bits per heavy atom. The number of ether oxygens (including phenoxy) is 2. The summed E-state index contributed by atoms with van der Waals surface area (Å²) in [7, 11) is 3.13. The van der Waals surface area contributed by atoms with Crippen LogP contribution in [-0.2, 0) is 17.6 Å². The molecule has 0 saturated heterocycles. The number of phenolic OH excluding ortho intramolecular Hbond substituents is 1.